The standard InChI is InChI=1S/C11H20N2O2/c1-9(2)8-14-5-4-12-7-11-13-6-10(3)15-11/h6,9,12H,4-5,7-8H2,1-3H3. The van der Waals surface area contributed by atoms with Crippen LogP contribution in [-0.4, -0.2) is 24.7 Å². The van der Waals surface area contributed by atoms with Crippen LogP contribution < -0.4 is 5.32 Å². The molecule has 1 rings (SSSR count). The van der Waals surface area contributed by atoms with Gasteiger partial charge in [0.25, 0.3) is 0 Å². The van der Waals surface area contributed by atoms with Crippen molar-refractivity contribution in [3.63, 3.8) is 0 Å². The summed E-state index contributed by atoms with van der Waals surface area (Å²) >= 11 is 0. The van der Waals surface area contributed by atoms with E-state index in [-0.39, 0.29) is 0 Å². The van der Waals surface area contributed by atoms with Gasteiger partial charge in [-0.2, -0.15) is 0 Å². The van der Waals surface area contributed by atoms with E-state index in [1.54, 1.807) is 6.20 Å². The Hall–Kier alpha value is -0.870. The lowest BCUT2D eigenvalue weighted by molar-refractivity contribution is 0.111. The summed E-state index contributed by atoms with van der Waals surface area (Å²) in [6.45, 7) is 9.22. The molecule has 0 radical (unpaired) electrons. The molecule has 15 heavy (non-hydrogen) atoms. The summed E-state index contributed by atoms with van der Waals surface area (Å²) in [6.07, 6.45) is 1.73. The first-order valence-electron chi connectivity index (χ1n) is 5.38. The number of aryl methyl sites for hydroxylation is 1. The Bertz CT molecular complexity index is 271. The molecule has 0 saturated carbocycles. The average Bonchev–Trinajstić information content (AvgIpc) is 2.57. The van der Waals surface area contributed by atoms with Crippen LogP contribution in [0.4, 0.5) is 0 Å². The average molecular weight is 212 g/mol. The molecule has 0 fully saturated rings. The second kappa shape index (κ2) is 6.58. The third-order valence-electron chi connectivity index (χ3n) is 1.82. The Morgan fingerprint density at radius 3 is 2.93 bits per heavy atom. The molecule has 0 saturated heterocycles. The molecule has 86 valence electrons. The van der Waals surface area contributed by atoms with Crippen LogP contribution in [0.25, 0.3) is 0 Å². The molecule has 0 aromatic carbocycles. The summed E-state index contributed by atoms with van der Waals surface area (Å²) in [7, 11) is 0. The molecule has 1 N–H and O–H groups in total. The molecule has 0 atom stereocenters. The highest BCUT2D eigenvalue weighted by Crippen LogP contribution is 2.00. The number of nitrogens with one attached hydrogen (secondary N) is 1. The van der Waals surface area contributed by atoms with Crippen LogP contribution in [0.3, 0.4) is 0 Å². The maximum atomic E-state index is 5.42. The maximum Gasteiger partial charge on any atom is 0.208 e. The van der Waals surface area contributed by atoms with Gasteiger partial charge in [0.15, 0.2) is 0 Å². The summed E-state index contributed by atoms with van der Waals surface area (Å²) in [4.78, 5) is 4.09. The molecule has 0 aliphatic heterocycles. The lowest BCUT2D eigenvalue weighted by Gasteiger charge is -2.06. The van der Waals surface area contributed by atoms with Crippen LogP contribution in [0, 0.1) is 12.8 Å². The van der Waals surface area contributed by atoms with Crippen molar-refractivity contribution in [1.82, 2.24) is 10.3 Å². The first kappa shape index (κ1) is 12.2. The fourth-order valence-corrected chi connectivity index (χ4v) is 1.14. The van der Waals surface area contributed by atoms with Crippen molar-refractivity contribution in [2.75, 3.05) is 19.8 Å². The lowest BCUT2D eigenvalue weighted by Crippen LogP contribution is -2.20. The molecule has 1 aromatic heterocycles. The number of hydrogen-bond donors (Lipinski definition) is 1. The Labute approximate surface area is 91.0 Å². The smallest absolute Gasteiger partial charge is 0.208 e. The number of nitrogens with zero attached hydrogens (tertiary/aromatic N) is 1. The number of oxazole rings is 1. The summed E-state index contributed by atoms with van der Waals surface area (Å²) < 4.78 is 10.7. The van der Waals surface area contributed by atoms with Gasteiger partial charge in [0.05, 0.1) is 19.3 Å². The highest BCUT2D eigenvalue weighted by molar-refractivity contribution is 4.90. The molecule has 0 aliphatic carbocycles. The van der Waals surface area contributed by atoms with E-state index in [0.29, 0.717) is 12.5 Å². The van der Waals surface area contributed by atoms with E-state index in [0.717, 1.165) is 31.4 Å². The normalized spacial score (nSPS) is 11.2. The molecular formula is C11H20N2O2. The Morgan fingerprint density at radius 1 is 1.53 bits per heavy atom. The molecule has 4 heteroatoms. The van der Waals surface area contributed by atoms with Crippen molar-refractivity contribution >= 4 is 0 Å². The second-order valence-electron chi connectivity index (χ2n) is 4.01. The SMILES string of the molecule is Cc1cnc(CNCCOCC(C)C)o1. The van der Waals surface area contributed by atoms with Crippen LogP contribution in [0.15, 0.2) is 10.6 Å². The van der Waals surface area contributed by atoms with Crippen molar-refractivity contribution in [3.8, 4) is 0 Å². The minimum absolute atomic E-state index is 0.597. The van der Waals surface area contributed by atoms with Crippen molar-refractivity contribution in [1.29, 1.82) is 0 Å². The summed E-state index contributed by atoms with van der Waals surface area (Å²) in [5, 5.41) is 3.21. The van der Waals surface area contributed by atoms with E-state index in [4.69, 9.17) is 9.15 Å². The third-order valence-corrected chi connectivity index (χ3v) is 1.82. The highest BCUT2D eigenvalue weighted by Gasteiger charge is 1.99. The highest BCUT2D eigenvalue weighted by atomic mass is 16.5. The predicted octanol–water partition coefficient (Wildman–Crippen LogP) is 1.75. The number of ether oxygens (including phenoxy) is 1. The Morgan fingerprint density at radius 2 is 2.33 bits per heavy atom. The van der Waals surface area contributed by atoms with Gasteiger partial charge in [-0.1, -0.05) is 13.8 Å². The van der Waals surface area contributed by atoms with Crippen molar-refractivity contribution < 1.29 is 9.15 Å². The van der Waals surface area contributed by atoms with Gasteiger partial charge in [0.1, 0.15) is 5.76 Å². The minimum Gasteiger partial charge on any atom is -0.445 e. The van der Waals surface area contributed by atoms with E-state index < -0.39 is 0 Å². The van der Waals surface area contributed by atoms with Crippen LogP contribution in [0.1, 0.15) is 25.5 Å². The van der Waals surface area contributed by atoms with Gasteiger partial charge in [0.2, 0.25) is 5.89 Å². The van der Waals surface area contributed by atoms with Crippen LogP contribution in [0.5, 0.6) is 0 Å². The zero-order valence-corrected chi connectivity index (χ0v) is 9.75. The van der Waals surface area contributed by atoms with E-state index >= 15 is 0 Å². The largest absolute Gasteiger partial charge is 0.445 e. The first-order valence-corrected chi connectivity index (χ1v) is 5.38. The fourth-order valence-electron chi connectivity index (χ4n) is 1.14. The third kappa shape index (κ3) is 5.54. The molecule has 0 unspecified atom stereocenters. The van der Waals surface area contributed by atoms with Gasteiger partial charge in [-0.05, 0) is 12.8 Å². The second-order valence-corrected chi connectivity index (χ2v) is 4.01. The van der Waals surface area contributed by atoms with Gasteiger partial charge in [-0.15, -0.1) is 0 Å². The molecular weight excluding hydrogens is 192 g/mol. The molecule has 4 nitrogen and oxygen atoms in total. The lowest BCUT2D eigenvalue weighted by atomic mass is 10.2. The van der Waals surface area contributed by atoms with E-state index in [9.17, 15) is 0 Å². The monoisotopic (exact) mass is 212 g/mol. The van der Waals surface area contributed by atoms with Gasteiger partial charge in [-0.3, -0.25) is 0 Å². The quantitative estimate of drug-likeness (QED) is 0.699. The van der Waals surface area contributed by atoms with E-state index in [1.165, 1.54) is 0 Å². The fraction of sp³-hybridized carbons (Fsp3) is 0.727. The van der Waals surface area contributed by atoms with Crippen molar-refractivity contribution in [2.45, 2.75) is 27.3 Å². The maximum absolute atomic E-state index is 5.42. The zero-order chi connectivity index (χ0) is 11.1. The van der Waals surface area contributed by atoms with Gasteiger partial charge >= 0.3 is 0 Å². The number of rotatable bonds is 7. The Kier molecular flexibility index (Phi) is 5.36. The van der Waals surface area contributed by atoms with Crippen LogP contribution in [0.2, 0.25) is 0 Å². The molecule has 0 spiro atoms. The first-order chi connectivity index (χ1) is 7.18. The topological polar surface area (TPSA) is 47.3 Å². The summed E-state index contributed by atoms with van der Waals surface area (Å²) in [6, 6.07) is 0. The number of hydrogen-bond acceptors (Lipinski definition) is 4. The minimum atomic E-state index is 0.597. The van der Waals surface area contributed by atoms with Crippen LogP contribution in [-0.2, 0) is 11.3 Å². The van der Waals surface area contributed by atoms with E-state index in [1.807, 2.05) is 6.92 Å². The van der Waals surface area contributed by atoms with Crippen molar-refractivity contribution in [2.24, 2.45) is 5.92 Å². The van der Waals surface area contributed by atoms with Gasteiger partial charge in [-0.25, -0.2) is 4.98 Å². The summed E-state index contributed by atoms with van der Waals surface area (Å²) in [5.41, 5.74) is 0. The molecule has 0 amide bonds. The van der Waals surface area contributed by atoms with Gasteiger partial charge < -0.3 is 14.5 Å². The van der Waals surface area contributed by atoms with Crippen molar-refractivity contribution in [3.05, 3.63) is 17.8 Å². The zero-order valence-electron chi connectivity index (χ0n) is 9.75. The summed E-state index contributed by atoms with van der Waals surface area (Å²) in [5.74, 6) is 2.18. The number of aromatic nitrogens is 1. The Balaban J connectivity index is 1.98. The van der Waals surface area contributed by atoms with Gasteiger partial charge in [0, 0.05) is 13.2 Å². The molecule has 0 aliphatic rings. The molecule has 1 heterocycles. The molecule has 0 bridgehead atoms. The molecule has 1 aromatic rings. The predicted molar refractivity (Wildman–Crippen MR) is 58.6 cm³/mol. The van der Waals surface area contributed by atoms with Crippen LogP contribution >= 0.6 is 0 Å². The van der Waals surface area contributed by atoms with E-state index in [2.05, 4.69) is 24.1 Å².